The fourth-order valence-electron chi connectivity index (χ4n) is 3.22. The van der Waals surface area contributed by atoms with E-state index in [1.54, 1.807) is 12.1 Å². The van der Waals surface area contributed by atoms with Crippen molar-refractivity contribution in [2.24, 2.45) is 0 Å². The number of nitrogens with zero attached hydrogens (tertiary/aromatic N) is 2. The summed E-state index contributed by atoms with van der Waals surface area (Å²) in [5, 5.41) is 2.93. The van der Waals surface area contributed by atoms with E-state index in [1.165, 1.54) is 0 Å². The van der Waals surface area contributed by atoms with Crippen LogP contribution in [0.5, 0.6) is 0 Å². The van der Waals surface area contributed by atoms with Crippen LogP contribution in [0.25, 0.3) is 16.9 Å². The van der Waals surface area contributed by atoms with Gasteiger partial charge in [0.2, 0.25) is 5.95 Å². The van der Waals surface area contributed by atoms with Crippen LogP contribution in [0.15, 0.2) is 91.1 Å². The van der Waals surface area contributed by atoms with Crippen LogP contribution in [0.1, 0.15) is 22.3 Å². The number of rotatable bonds is 7. The van der Waals surface area contributed by atoms with Gasteiger partial charge in [0.1, 0.15) is 6.29 Å². The van der Waals surface area contributed by atoms with Crippen LogP contribution >= 0.6 is 0 Å². The molecule has 0 aliphatic carbocycles. The molecule has 0 atom stereocenters. The molecule has 0 unspecified atom stereocenters. The Balaban J connectivity index is 1.63. The zero-order valence-corrected chi connectivity index (χ0v) is 16.4. The summed E-state index contributed by atoms with van der Waals surface area (Å²) in [5.41, 5.74) is 4.22. The van der Waals surface area contributed by atoms with Gasteiger partial charge < -0.3 is 4.79 Å². The molecule has 148 valence electrons. The first-order valence-corrected chi connectivity index (χ1v) is 9.79. The van der Waals surface area contributed by atoms with Gasteiger partial charge >= 0.3 is 0 Å². The lowest BCUT2D eigenvalue weighted by atomic mass is 10.1. The highest BCUT2D eigenvalue weighted by Crippen LogP contribution is 2.24. The highest BCUT2D eigenvalue weighted by molar-refractivity contribution is 6.03. The quantitative estimate of drug-likeness (QED) is 0.452. The van der Waals surface area contributed by atoms with Crippen molar-refractivity contribution in [3.8, 4) is 16.9 Å². The number of hydrogen-bond donors (Lipinski definition) is 1. The lowest BCUT2D eigenvalue weighted by Gasteiger charge is -2.09. The normalized spacial score (nSPS) is 10.5. The molecule has 3 aromatic carbocycles. The van der Waals surface area contributed by atoms with E-state index < -0.39 is 0 Å². The van der Waals surface area contributed by atoms with Crippen molar-refractivity contribution >= 4 is 18.1 Å². The molecule has 0 fully saturated rings. The Labute approximate surface area is 175 Å². The van der Waals surface area contributed by atoms with E-state index in [0.717, 1.165) is 28.8 Å². The van der Waals surface area contributed by atoms with Gasteiger partial charge in [0.15, 0.2) is 0 Å². The first kappa shape index (κ1) is 19.3. The summed E-state index contributed by atoms with van der Waals surface area (Å²) in [4.78, 5) is 28.1. The fraction of sp³-hybridized carbons (Fsp3) is 0.0800. The Morgan fingerprint density at radius 2 is 1.57 bits per heavy atom. The van der Waals surface area contributed by atoms with E-state index in [-0.39, 0.29) is 5.91 Å². The number of aryl methyl sites for hydroxylation is 1. The molecule has 0 aliphatic heterocycles. The standard InChI is InChI=1S/C25H21N3O2/c29-17-7-8-19-13-15-21(16-14-19)24(30)27-25-26-23(20-9-3-1-4-10-20)18-28(25)22-11-5-2-6-12-22/h1-6,9-18H,7-8H2,(H,26,27,30). The third-order valence-electron chi connectivity index (χ3n) is 4.80. The van der Waals surface area contributed by atoms with Crippen molar-refractivity contribution in [1.29, 1.82) is 0 Å². The summed E-state index contributed by atoms with van der Waals surface area (Å²) >= 11 is 0. The van der Waals surface area contributed by atoms with Crippen molar-refractivity contribution in [3.05, 3.63) is 102 Å². The highest BCUT2D eigenvalue weighted by atomic mass is 16.1. The molecule has 1 amide bonds. The number of aromatic nitrogens is 2. The average Bonchev–Trinajstić information content (AvgIpc) is 3.23. The molecule has 4 rings (SSSR count). The molecule has 1 N–H and O–H groups in total. The molecule has 4 aromatic rings. The Bertz CT molecular complexity index is 1130. The molecule has 5 nitrogen and oxygen atoms in total. The number of aldehydes is 1. The maximum Gasteiger partial charge on any atom is 0.257 e. The Hall–Kier alpha value is -3.99. The molecule has 0 saturated heterocycles. The number of anilines is 1. The van der Waals surface area contributed by atoms with Crippen LogP contribution in [0, 0.1) is 0 Å². The number of nitrogens with one attached hydrogen (secondary N) is 1. The van der Waals surface area contributed by atoms with Gasteiger partial charge in [0.05, 0.1) is 5.69 Å². The van der Waals surface area contributed by atoms with Gasteiger partial charge in [-0.15, -0.1) is 0 Å². The zero-order chi connectivity index (χ0) is 20.8. The number of para-hydroxylation sites is 1. The smallest absolute Gasteiger partial charge is 0.257 e. The van der Waals surface area contributed by atoms with Gasteiger partial charge in [-0.1, -0.05) is 60.7 Å². The summed E-state index contributed by atoms with van der Waals surface area (Å²) < 4.78 is 1.87. The van der Waals surface area contributed by atoms with Crippen molar-refractivity contribution < 1.29 is 9.59 Å². The van der Waals surface area contributed by atoms with Crippen LogP contribution in [0.3, 0.4) is 0 Å². The molecule has 0 spiro atoms. The minimum Gasteiger partial charge on any atom is -0.303 e. The number of benzene rings is 3. The van der Waals surface area contributed by atoms with Crippen molar-refractivity contribution in [2.75, 3.05) is 5.32 Å². The van der Waals surface area contributed by atoms with E-state index in [0.29, 0.717) is 24.4 Å². The minimum atomic E-state index is -0.237. The van der Waals surface area contributed by atoms with Crippen LogP contribution in [-0.2, 0) is 11.2 Å². The zero-order valence-electron chi connectivity index (χ0n) is 16.4. The van der Waals surface area contributed by atoms with E-state index in [2.05, 4.69) is 10.3 Å². The first-order chi connectivity index (χ1) is 14.7. The van der Waals surface area contributed by atoms with Crippen LogP contribution in [0.4, 0.5) is 5.95 Å². The highest BCUT2D eigenvalue weighted by Gasteiger charge is 2.15. The summed E-state index contributed by atoms with van der Waals surface area (Å²) in [6.07, 6.45) is 3.96. The van der Waals surface area contributed by atoms with Gasteiger partial charge in [-0.3, -0.25) is 14.7 Å². The van der Waals surface area contributed by atoms with Crippen LogP contribution in [-0.4, -0.2) is 21.7 Å². The van der Waals surface area contributed by atoms with Gasteiger partial charge in [0, 0.05) is 29.4 Å². The first-order valence-electron chi connectivity index (χ1n) is 9.79. The van der Waals surface area contributed by atoms with E-state index in [1.807, 2.05) is 83.6 Å². The minimum absolute atomic E-state index is 0.237. The van der Waals surface area contributed by atoms with Gasteiger partial charge in [-0.2, -0.15) is 0 Å². The number of amides is 1. The number of carbonyl (C=O) groups is 2. The largest absolute Gasteiger partial charge is 0.303 e. The summed E-state index contributed by atoms with van der Waals surface area (Å²) in [5.74, 6) is 0.217. The molecule has 1 heterocycles. The number of imidazole rings is 1. The molecular weight excluding hydrogens is 374 g/mol. The number of hydrogen-bond acceptors (Lipinski definition) is 3. The molecular formula is C25H21N3O2. The molecule has 5 heteroatoms. The predicted molar refractivity (Wildman–Crippen MR) is 118 cm³/mol. The molecule has 30 heavy (non-hydrogen) atoms. The van der Waals surface area contributed by atoms with Crippen molar-refractivity contribution in [1.82, 2.24) is 9.55 Å². The lowest BCUT2D eigenvalue weighted by molar-refractivity contribution is -0.107. The number of carbonyl (C=O) groups excluding carboxylic acids is 2. The Morgan fingerprint density at radius 1 is 0.900 bits per heavy atom. The second kappa shape index (κ2) is 9.01. The van der Waals surface area contributed by atoms with Crippen molar-refractivity contribution in [3.63, 3.8) is 0 Å². The average molecular weight is 395 g/mol. The Kier molecular flexibility index (Phi) is 5.80. The molecule has 0 bridgehead atoms. The SMILES string of the molecule is O=CCCc1ccc(C(=O)Nc2nc(-c3ccccc3)cn2-c2ccccc2)cc1. The maximum absolute atomic E-state index is 12.8. The van der Waals surface area contributed by atoms with Crippen molar-refractivity contribution in [2.45, 2.75) is 12.8 Å². The summed E-state index contributed by atoms with van der Waals surface area (Å²) in [6.45, 7) is 0. The lowest BCUT2D eigenvalue weighted by Crippen LogP contribution is -2.15. The van der Waals surface area contributed by atoms with E-state index in [9.17, 15) is 9.59 Å². The third-order valence-corrected chi connectivity index (χ3v) is 4.80. The molecule has 0 radical (unpaired) electrons. The van der Waals surface area contributed by atoms with Gasteiger partial charge in [-0.25, -0.2) is 4.98 Å². The molecule has 1 aromatic heterocycles. The monoisotopic (exact) mass is 395 g/mol. The van der Waals surface area contributed by atoms with Gasteiger partial charge in [-0.05, 0) is 36.2 Å². The molecule has 0 aliphatic rings. The third kappa shape index (κ3) is 4.36. The fourth-order valence-corrected chi connectivity index (χ4v) is 3.22. The second-order valence-electron chi connectivity index (χ2n) is 6.88. The maximum atomic E-state index is 12.8. The van der Waals surface area contributed by atoms with E-state index in [4.69, 9.17) is 0 Å². The Morgan fingerprint density at radius 3 is 2.23 bits per heavy atom. The van der Waals surface area contributed by atoms with E-state index >= 15 is 0 Å². The second-order valence-corrected chi connectivity index (χ2v) is 6.88. The predicted octanol–water partition coefficient (Wildman–Crippen LogP) is 4.92. The van der Waals surface area contributed by atoms with Crippen LogP contribution in [0.2, 0.25) is 0 Å². The van der Waals surface area contributed by atoms with Gasteiger partial charge in [0.25, 0.3) is 5.91 Å². The summed E-state index contributed by atoms with van der Waals surface area (Å²) in [6, 6.07) is 26.9. The van der Waals surface area contributed by atoms with Crippen LogP contribution < -0.4 is 5.32 Å². The topological polar surface area (TPSA) is 64.0 Å². The summed E-state index contributed by atoms with van der Waals surface area (Å²) in [7, 11) is 0. The molecule has 0 saturated carbocycles.